The molecule has 0 heterocycles. The van der Waals surface area contributed by atoms with Gasteiger partial charge in [-0.15, -0.1) is 0 Å². The Morgan fingerprint density at radius 3 is 1.40 bits per heavy atom. The first-order chi connectivity index (χ1) is 1.73. The normalized spacial score (nSPS) is 7.20. The van der Waals surface area contributed by atoms with Crippen LogP contribution in [0.3, 0.4) is 0 Å². The fourth-order valence-electron chi connectivity index (χ4n) is 0. The van der Waals surface area contributed by atoms with Crippen molar-refractivity contribution in [3.63, 3.8) is 0 Å². The van der Waals surface area contributed by atoms with Gasteiger partial charge in [0, 0.05) is 7.98 Å². The van der Waals surface area contributed by atoms with E-state index in [0.717, 1.165) is 0 Å². The Morgan fingerprint density at radius 2 is 1.40 bits per heavy atom. The number of hydrogen-bond acceptors (Lipinski definition) is 1. The molecule has 0 rings (SSSR count). The molecule has 0 aliphatic carbocycles. The smallest absolute Gasteiger partial charge is 0.489 e. The second-order valence-electron chi connectivity index (χ2n) is 0.447. The average molecular weight is 97.0 g/mol. The first-order valence-electron chi connectivity index (χ1n) is 0.894. The van der Waals surface area contributed by atoms with Crippen LogP contribution in [0.15, 0.2) is 0 Å². The quantitative estimate of drug-likeness (QED) is 0.277. The van der Waals surface area contributed by atoms with Crippen molar-refractivity contribution in [3.8, 4) is 0 Å². The third-order valence-corrected chi connectivity index (χ3v) is 0. The molecular formula is C2H9BKN. The molecule has 0 aliphatic rings. The Labute approximate surface area is 77.0 Å². The summed E-state index contributed by atoms with van der Waals surface area (Å²) < 4.78 is 0. The molecule has 0 atom stereocenters. The Kier molecular flexibility index (Phi) is 11.1. The van der Waals surface area contributed by atoms with E-state index < -0.39 is 0 Å². The summed E-state index contributed by atoms with van der Waals surface area (Å²) >= 11 is 0. The van der Waals surface area contributed by atoms with Gasteiger partial charge in [0.15, 0.2) is 0 Å². The third-order valence-electron chi connectivity index (χ3n) is 0. The third kappa shape index (κ3) is 27.5. The molecule has 0 N–H and O–H groups in total. The van der Waals surface area contributed by atoms with Crippen LogP contribution in [-0.4, -0.2) is 26.9 Å². The topological polar surface area (TPSA) is 3.24 Å². The van der Waals surface area contributed by atoms with Crippen molar-refractivity contribution in [3.05, 3.63) is 0 Å². The van der Waals surface area contributed by atoms with E-state index >= 15 is 0 Å². The second-order valence-corrected chi connectivity index (χ2v) is 0.447. The molecule has 0 aromatic rings. The molecule has 1 nitrogen and oxygen atoms in total. The molecule has 0 radical (unpaired) electrons. The monoisotopic (exact) mass is 97.0 g/mol. The second kappa shape index (κ2) is 5.66. The Hall–Kier alpha value is 1.66. The Bertz CT molecular complexity index is 14.4. The predicted octanol–water partition coefficient (Wildman–Crippen LogP) is -4.17. The van der Waals surface area contributed by atoms with Gasteiger partial charge >= 0.3 is 51.4 Å². The molecule has 0 aromatic heterocycles. The molecule has 0 unspecified atom stereocenters. The summed E-state index contributed by atoms with van der Waals surface area (Å²) in [5, 5.41) is 0. The van der Waals surface area contributed by atoms with Gasteiger partial charge in [-0.1, -0.05) is 14.1 Å². The summed E-state index contributed by atoms with van der Waals surface area (Å²) in [5.41, 5.74) is 0. The summed E-state index contributed by atoms with van der Waals surface area (Å²) in [4.78, 5) is 2.25. The Morgan fingerprint density at radius 1 is 1.40 bits per heavy atom. The van der Waals surface area contributed by atoms with Gasteiger partial charge in [0.25, 0.3) is 0 Å². The van der Waals surface area contributed by atoms with Crippen LogP contribution >= 0.6 is 0 Å². The van der Waals surface area contributed by atoms with Crippen LogP contribution in [0.4, 0.5) is 0 Å². The molecule has 0 bridgehead atoms. The van der Waals surface area contributed by atoms with Gasteiger partial charge in [0.2, 0.25) is 0 Å². The molecule has 0 spiro atoms. The van der Waals surface area contributed by atoms with Crippen molar-refractivity contribution in [1.29, 1.82) is 0 Å². The van der Waals surface area contributed by atoms with E-state index in [0.29, 0.717) is 7.98 Å². The largest absolute Gasteiger partial charge is 1.00 e. The molecule has 0 saturated carbocycles. The summed E-state index contributed by atoms with van der Waals surface area (Å²) in [5.74, 6) is 0. The zero-order valence-electron chi connectivity index (χ0n) is 3.45. The van der Waals surface area contributed by atoms with Crippen LogP contribution < -0.4 is 51.4 Å². The zero-order valence-corrected chi connectivity index (χ0v) is 6.57. The van der Waals surface area contributed by atoms with Crippen LogP contribution in [0, 0.1) is 0 Å². The summed E-state index contributed by atoms with van der Waals surface area (Å²) in [6, 6.07) is 0. The fraction of sp³-hybridized carbons (Fsp3) is 1.00. The van der Waals surface area contributed by atoms with Crippen molar-refractivity contribution in [1.82, 2.24) is 4.81 Å². The summed E-state index contributed by atoms with van der Waals surface area (Å²) in [7, 11) is 4.75. The van der Waals surface area contributed by atoms with Crippen molar-refractivity contribution in [2.45, 2.75) is 0 Å². The van der Waals surface area contributed by atoms with E-state index in [1.165, 1.54) is 0 Å². The van der Waals surface area contributed by atoms with E-state index in [2.05, 4.69) is 18.9 Å². The maximum Gasteiger partial charge on any atom is 1.00 e. The number of rotatable bonds is 0. The van der Waals surface area contributed by atoms with Crippen LogP contribution in [0.2, 0.25) is 0 Å². The van der Waals surface area contributed by atoms with Crippen LogP contribution in [0.1, 0.15) is 0 Å². The van der Waals surface area contributed by atoms with Crippen LogP contribution in [0.25, 0.3) is 0 Å². The van der Waals surface area contributed by atoms with E-state index in [-0.39, 0.29) is 51.4 Å². The molecule has 3 heteroatoms. The average Bonchev–Trinajstić information content (AvgIpc) is 0.811. The van der Waals surface area contributed by atoms with E-state index in [4.69, 9.17) is 0 Å². The molecule has 5 heavy (non-hydrogen) atoms. The van der Waals surface area contributed by atoms with Gasteiger partial charge in [0.1, 0.15) is 0 Å². The first kappa shape index (κ1) is 9.83. The van der Waals surface area contributed by atoms with Crippen molar-refractivity contribution in [2.24, 2.45) is 0 Å². The SMILES string of the molecule is [BH3-]N(C)C.[K+]. The number of nitrogens with zero attached hydrogens (tertiary/aromatic N) is 1. The minimum Gasteiger partial charge on any atom is -0.489 e. The van der Waals surface area contributed by atoms with E-state index in [9.17, 15) is 0 Å². The minimum atomic E-state index is 0. The first-order valence-corrected chi connectivity index (χ1v) is 0.894. The molecule has 0 aromatic carbocycles. The molecule has 0 saturated heterocycles. The van der Waals surface area contributed by atoms with Crippen molar-refractivity contribution >= 4 is 7.98 Å². The fourth-order valence-corrected chi connectivity index (χ4v) is 0. The van der Waals surface area contributed by atoms with Crippen molar-refractivity contribution < 1.29 is 51.4 Å². The zero-order chi connectivity index (χ0) is 3.58. The van der Waals surface area contributed by atoms with Gasteiger partial charge < -0.3 is 4.81 Å². The minimum absolute atomic E-state index is 0. The molecule has 0 fully saturated rings. The predicted molar refractivity (Wildman–Crippen MR) is 23.6 cm³/mol. The molecular weight excluding hydrogens is 87.9 g/mol. The molecule has 26 valence electrons. The Balaban J connectivity index is 0. The standard InChI is InChI=1S/C2H9BN.K/c1-4(2)3;/h1-3H3;/q-1;+1. The van der Waals surface area contributed by atoms with Gasteiger partial charge in [-0.3, -0.25) is 0 Å². The molecule has 0 amide bonds. The van der Waals surface area contributed by atoms with Gasteiger partial charge in [-0.2, -0.15) is 0 Å². The molecule has 0 aliphatic heterocycles. The summed E-state index contributed by atoms with van der Waals surface area (Å²) in [6.45, 7) is 0. The van der Waals surface area contributed by atoms with E-state index in [1.54, 1.807) is 0 Å². The van der Waals surface area contributed by atoms with Crippen LogP contribution in [-0.2, 0) is 0 Å². The summed E-state index contributed by atoms with van der Waals surface area (Å²) in [6.07, 6.45) is 0. The number of hydrogen-bond donors (Lipinski definition) is 0. The van der Waals surface area contributed by atoms with E-state index in [1.807, 2.05) is 0 Å². The maximum absolute atomic E-state index is 2.25. The van der Waals surface area contributed by atoms with Gasteiger partial charge in [-0.25, -0.2) is 0 Å². The van der Waals surface area contributed by atoms with Gasteiger partial charge in [-0.05, 0) is 0 Å². The maximum atomic E-state index is 2.25. The van der Waals surface area contributed by atoms with Crippen LogP contribution in [0.5, 0.6) is 0 Å². The van der Waals surface area contributed by atoms with Gasteiger partial charge in [0.05, 0.1) is 0 Å². The van der Waals surface area contributed by atoms with Crippen molar-refractivity contribution in [2.75, 3.05) is 14.1 Å².